The molecule has 1 amide bonds. The number of carbonyl (C=O) groups is 3. The molecule has 0 radical (unpaired) electrons. The van der Waals surface area contributed by atoms with Crippen molar-refractivity contribution in [1.82, 2.24) is 5.32 Å². The number of amides is 1. The number of hydrogen-bond acceptors (Lipinski definition) is 4. The Morgan fingerprint density at radius 1 is 1.04 bits per heavy atom. The highest BCUT2D eigenvalue weighted by atomic mass is 16.5. The molecule has 2 aromatic rings. The quantitative estimate of drug-likeness (QED) is 0.709. The molecule has 1 unspecified atom stereocenters. The van der Waals surface area contributed by atoms with Crippen molar-refractivity contribution in [3.63, 3.8) is 0 Å². The minimum absolute atomic E-state index is 0.0114. The molecular weight excluding hydrogens is 334 g/mol. The van der Waals surface area contributed by atoms with Crippen LogP contribution in [-0.4, -0.2) is 29.0 Å². The Balaban J connectivity index is 1.84. The summed E-state index contributed by atoms with van der Waals surface area (Å²) in [5.41, 5.74) is 2.35. The lowest BCUT2D eigenvalue weighted by molar-refractivity contribution is -0.139. The lowest BCUT2D eigenvalue weighted by Gasteiger charge is -2.14. The smallest absolute Gasteiger partial charge is 0.408 e. The first-order chi connectivity index (χ1) is 12.5. The number of alkyl carbamates (subject to hydrolysis) is 1. The van der Waals surface area contributed by atoms with E-state index in [4.69, 9.17) is 4.74 Å². The first kappa shape index (κ1) is 19.2. The van der Waals surface area contributed by atoms with Crippen LogP contribution in [0.1, 0.15) is 34.3 Å². The number of Topliss-reactive ketones (excluding diaryl/α,β-unsaturated/α-hetero) is 1. The van der Waals surface area contributed by atoms with Crippen LogP contribution in [0.5, 0.6) is 0 Å². The van der Waals surface area contributed by atoms with E-state index in [1.807, 2.05) is 37.3 Å². The third-order valence-corrected chi connectivity index (χ3v) is 3.84. The van der Waals surface area contributed by atoms with Crippen molar-refractivity contribution < 1.29 is 24.2 Å². The number of benzene rings is 2. The molecule has 2 aromatic carbocycles. The van der Waals surface area contributed by atoms with Crippen molar-refractivity contribution >= 4 is 17.8 Å². The Bertz CT molecular complexity index is 756. The number of nitrogens with one attached hydrogen (secondary N) is 1. The van der Waals surface area contributed by atoms with Gasteiger partial charge in [-0.3, -0.25) is 4.79 Å². The van der Waals surface area contributed by atoms with Gasteiger partial charge < -0.3 is 15.2 Å². The number of carbonyl (C=O) groups excluding carboxylic acids is 2. The Labute approximate surface area is 151 Å². The summed E-state index contributed by atoms with van der Waals surface area (Å²) >= 11 is 0. The van der Waals surface area contributed by atoms with Gasteiger partial charge in [0.05, 0.1) is 0 Å². The van der Waals surface area contributed by atoms with Gasteiger partial charge in [0.1, 0.15) is 12.6 Å². The van der Waals surface area contributed by atoms with Crippen molar-refractivity contribution in [3.05, 3.63) is 71.3 Å². The summed E-state index contributed by atoms with van der Waals surface area (Å²) in [6.07, 6.45) is -0.828. The normalized spacial score (nSPS) is 11.4. The third kappa shape index (κ3) is 6.05. The molecule has 0 saturated carbocycles. The zero-order chi connectivity index (χ0) is 18.9. The molecule has 0 spiro atoms. The highest BCUT2D eigenvalue weighted by molar-refractivity contribution is 5.96. The molecule has 0 aliphatic carbocycles. The molecule has 6 nitrogen and oxygen atoms in total. The molecule has 6 heteroatoms. The van der Waals surface area contributed by atoms with Gasteiger partial charge in [0.2, 0.25) is 0 Å². The van der Waals surface area contributed by atoms with Gasteiger partial charge in [-0.15, -0.1) is 0 Å². The largest absolute Gasteiger partial charge is 0.480 e. The molecule has 0 aromatic heterocycles. The average Bonchev–Trinajstić information content (AvgIpc) is 2.64. The van der Waals surface area contributed by atoms with Crippen LogP contribution in [0.2, 0.25) is 0 Å². The van der Waals surface area contributed by atoms with Gasteiger partial charge in [-0.05, 0) is 18.9 Å². The van der Waals surface area contributed by atoms with E-state index in [-0.39, 0.29) is 25.2 Å². The second-order valence-electron chi connectivity index (χ2n) is 5.92. The van der Waals surface area contributed by atoms with Gasteiger partial charge in [-0.25, -0.2) is 9.59 Å². The molecule has 26 heavy (non-hydrogen) atoms. The zero-order valence-corrected chi connectivity index (χ0v) is 14.5. The van der Waals surface area contributed by atoms with Crippen LogP contribution in [0.4, 0.5) is 4.79 Å². The minimum atomic E-state index is -1.21. The fourth-order valence-electron chi connectivity index (χ4n) is 2.32. The molecule has 0 fully saturated rings. The van der Waals surface area contributed by atoms with Crippen LogP contribution in [0.25, 0.3) is 0 Å². The maximum atomic E-state index is 12.1. The Hall–Kier alpha value is -3.15. The van der Waals surface area contributed by atoms with Crippen molar-refractivity contribution in [1.29, 1.82) is 0 Å². The van der Waals surface area contributed by atoms with Crippen LogP contribution in [0.3, 0.4) is 0 Å². The van der Waals surface area contributed by atoms with Crippen molar-refractivity contribution in [2.45, 2.75) is 32.4 Å². The topological polar surface area (TPSA) is 92.7 Å². The lowest BCUT2D eigenvalue weighted by atomic mass is 10.0. The number of rotatable bonds is 8. The number of ether oxygens (including phenoxy) is 1. The average molecular weight is 355 g/mol. The number of carboxylic acid groups (broad SMARTS) is 1. The highest BCUT2D eigenvalue weighted by Gasteiger charge is 2.22. The van der Waals surface area contributed by atoms with E-state index < -0.39 is 18.1 Å². The fraction of sp³-hybridized carbons (Fsp3) is 0.250. The summed E-state index contributed by atoms with van der Waals surface area (Å²) in [5.74, 6) is -1.38. The first-order valence-corrected chi connectivity index (χ1v) is 8.25. The minimum Gasteiger partial charge on any atom is -0.480 e. The Morgan fingerprint density at radius 3 is 2.31 bits per heavy atom. The van der Waals surface area contributed by atoms with E-state index in [1.165, 1.54) is 0 Å². The van der Waals surface area contributed by atoms with E-state index in [9.17, 15) is 19.5 Å². The summed E-state index contributed by atoms with van der Waals surface area (Å²) in [7, 11) is 0. The number of ketones is 1. The summed E-state index contributed by atoms with van der Waals surface area (Å²) < 4.78 is 5.02. The number of aryl methyl sites for hydroxylation is 1. The molecule has 0 heterocycles. The highest BCUT2D eigenvalue weighted by Crippen LogP contribution is 2.10. The SMILES string of the molecule is Cc1ccc(C(=O)CCC(NC(=O)OCc2ccccc2)C(=O)O)cc1. The molecule has 0 saturated heterocycles. The van der Waals surface area contributed by atoms with Crippen LogP contribution in [0, 0.1) is 6.92 Å². The molecule has 0 bridgehead atoms. The standard InChI is InChI=1S/C20H21NO5/c1-14-7-9-16(10-8-14)18(22)12-11-17(19(23)24)21-20(25)26-13-15-5-3-2-4-6-15/h2-10,17H,11-13H2,1H3,(H,21,25)(H,23,24). The van der Waals surface area contributed by atoms with Crippen molar-refractivity contribution in [3.8, 4) is 0 Å². The Morgan fingerprint density at radius 2 is 1.69 bits per heavy atom. The van der Waals surface area contributed by atoms with Gasteiger partial charge in [0.25, 0.3) is 0 Å². The van der Waals surface area contributed by atoms with Crippen molar-refractivity contribution in [2.75, 3.05) is 0 Å². The molecule has 0 aliphatic heterocycles. The van der Waals surface area contributed by atoms with E-state index in [2.05, 4.69) is 5.32 Å². The molecule has 2 N–H and O–H groups in total. The number of hydrogen-bond donors (Lipinski definition) is 2. The van der Waals surface area contributed by atoms with Crippen LogP contribution >= 0.6 is 0 Å². The summed E-state index contributed by atoms with van der Waals surface area (Å²) in [6, 6.07) is 14.9. The molecule has 2 rings (SSSR count). The molecular formula is C20H21NO5. The summed E-state index contributed by atoms with van der Waals surface area (Å²) in [6.45, 7) is 1.96. The fourth-order valence-corrected chi connectivity index (χ4v) is 2.32. The number of carboxylic acids is 1. The zero-order valence-electron chi connectivity index (χ0n) is 14.5. The maximum absolute atomic E-state index is 12.1. The van der Waals surface area contributed by atoms with E-state index in [1.54, 1.807) is 24.3 Å². The predicted octanol–water partition coefficient (Wildman–Crippen LogP) is 3.34. The van der Waals surface area contributed by atoms with Gasteiger partial charge in [0.15, 0.2) is 5.78 Å². The van der Waals surface area contributed by atoms with Gasteiger partial charge >= 0.3 is 12.1 Å². The van der Waals surface area contributed by atoms with Gasteiger partial charge in [0, 0.05) is 12.0 Å². The molecule has 0 aliphatic rings. The van der Waals surface area contributed by atoms with Crippen LogP contribution in [0.15, 0.2) is 54.6 Å². The molecule has 1 atom stereocenters. The third-order valence-electron chi connectivity index (χ3n) is 3.84. The van der Waals surface area contributed by atoms with Gasteiger partial charge in [-0.1, -0.05) is 60.2 Å². The van der Waals surface area contributed by atoms with E-state index >= 15 is 0 Å². The van der Waals surface area contributed by atoms with E-state index in [0.29, 0.717) is 5.56 Å². The maximum Gasteiger partial charge on any atom is 0.408 e. The predicted molar refractivity (Wildman–Crippen MR) is 95.9 cm³/mol. The first-order valence-electron chi connectivity index (χ1n) is 8.25. The van der Waals surface area contributed by atoms with Crippen LogP contribution in [-0.2, 0) is 16.1 Å². The monoisotopic (exact) mass is 355 g/mol. The second kappa shape index (κ2) is 9.36. The second-order valence-corrected chi connectivity index (χ2v) is 5.92. The lowest BCUT2D eigenvalue weighted by Crippen LogP contribution is -2.41. The molecule has 136 valence electrons. The summed E-state index contributed by atoms with van der Waals surface area (Å²) in [5, 5.41) is 11.5. The van der Waals surface area contributed by atoms with E-state index in [0.717, 1.165) is 11.1 Å². The Kier molecular flexibility index (Phi) is 6.91. The van der Waals surface area contributed by atoms with Crippen molar-refractivity contribution in [2.24, 2.45) is 0 Å². The number of aliphatic carboxylic acids is 1. The van der Waals surface area contributed by atoms with Crippen LogP contribution < -0.4 is 5.32 Å². The summed E-state index contributed by atoms with van der Waals surface area (Å²) in [4.78, 5) is 35.3. The van der Waals surface area contributed by atoms with Gasteiger partial charge in [-0.2, -0.15) is 0 Å².